The van der Waals surface area contributed by atoms with Gasteiger partial charge in [0.05, 0.1) is 19.8 Å². The number of hydrogen-bond acceptors (Lipinski definition) is 4. The largest absolute Gasteiger partial charge is 0.493 e. The van der Waals surface area contributed by atoms with E-state index in [1.807, 2.05) is 6.07 Å². The van der Waals surface area contributed by atoms with Crippen molar-refractivity contribution in [3.05, 3.63) is 59.2 Å². The van der Waals surface area contributed by atoms with E-state index in [2.05, 4.69) is 48.2 Å². The lowest BCUT2D eigenvalue weighted by atomic mass is 9.66. The van der Waals surface area contributed by atoms with Crippen molar-refractivity contribution in [3.8, 4) is 11.5 Å². The van der Waals surface area contributed by atoms with Crippen LogP contribution in [0.4, 0.5) is 0 Å². The Kier molecular flexibility index (Phi) is 5.84. The van der Waals surface area contributed by atoms with Gasteiger partial charge in [0.15, 0.2) is 11.5 Å². The molecule has 1 N–H and O–H groups in total. The zero-order valence-corrected chi connectivity index (χ0v) is 17.9. The first-order valence-electron chi connectivity index (χ1n) is 10.8. The Morgan fingerprint density at radius 2 is 1.76 bits per heavy atom. The summed E-state index contributed by atoms with van der Waals surface area (Å²) in [7, 11) is 3.35. The van der Waals surface area contributed by atoms with Crippen molar-refractivity contribution in [2.24, 2.45) is 5.92 Å². The monoisotopic (exact) mass is 395 g/mol. The first kappa shape index (κ1) is 20.2. The lowest BCUT2D eigenvalue weighted by Gasteiger charge is -2.53. The van der Waals surface area contributed by atoms with Crippen LogP contribution in [0.2, 0.25) is 0 Å². The van der Waals surface area contributed by atoms with Crippen LogP contribution in [0.3, 0.4) is 0 Å². The molecule has 2 aromatic carbocycles. The molecule has 29 heavy (non-hydrogen) atoms. The molecule has 4 heteroatoms. The smallest absolute Gasteiger partial charge is 0.161 e. The third-order valence-electron chi connectivity index (χ3n) is 6.93. The summed E-state index contributed by atoms with van der Waals surface area (Å²) < 4.78 is 11.0. The fourth-order valence-corrected chi connectivity index (χ4v) is 5.33. The lowest BCUT2D eigenvalue weighted by Crippen LogP contribution is -2.54. The fraction of sp³-hybridized carbons (Fsp3) is 0.520. The van der Waals surface area contributed by atoms with Gasteiger partial charge >= 0.3 is 0 Å². The Balaban J connectivity index is 1.71. The first-order chi connectivity index (χ1) is 14.0. The number of likely N-dealkylation sites (tertiary alicyclic amines) is 1. The summed E-state index contributed by atoms with van der Waals surface area (Å²) >= 11 is 0. The quantitative estimate of drug-likeness (QED) is 0.783. The predicted octanol–water partition coefficient (Wildman–Crippen LogP) is 4.88. The van der Waals surface area contributed by atoms with Gasteiger partial charge in [-0.1, -0.05) is 48.7 Å². The van der Waals surface area contributed by atoms with E-state index in [1.165, 1.54) is 23.1 Å². The molecule has 0 bridgehead atoms. The van der Waals surface area contributed by atoms with Gasteiger partial charge in [-0.15, -0.1) is 0 Å². The Hall–Kier alpha value is -2.04. The third kappa shape index (κ3) is 4.01. The van der Waals surface area contributed by atoms with Crippen LogP contribution in [0.5, 0.6) is 11.5 Å². The number of benzene rings is 2. The summed E-state index contributed by atoms with van der Waals surface area (Å²) in [4.78, 5) is 2.55. The molecule has 4 rings (SSSR count). The molecule has 0 unspecified atom stereocenters. The van der Waals surface area contributed by atoms with Crippen LogP contribution < -0.4 is 9.47 Å². The molecule has 2 aliphatic rings. The SMILES string of the molecule is COc1ccc([C@H]2[C@H]3CCCC[C@@]3(O)CCN2Cc2ccc(C)cc2)cc1OC. The lowest BCUT2D eigenvalue weighted by molar-refractivity contribution is -0.126. The highest BCUT2D eigenvalue weighted by Gasteiger charge is 2.48. The number of rotatable bonds is 5. The van der Waals surface area contributed by atoms with E-state index < -0.39 is 5.60 Å². The minimum Gasteiger partial charge on any atom is -0.493 e. The summed E-state index contributed by atoms with van der Waals surface area (Å²) in [6, 6.07) is 15.2. The topological polar surface area (TPSA) is 41.9 Å². The van der Waals surface area contributed by atoms with Gasteiger partial charge in [-0.25, -0.2) is 0 Å². The zero-order valence-electron chi connectivity index (χ0n) is 17.9. The maximum atomic E-state index is 11.5. The Morgan fingerprint density at radius 1 is 1.00 bits per heavy atom. The maximum Gasteiger partial charge on any atom is 0.161 e. The number of methoxy groups -OCH3 is 2. The molecule has 0 aromatic heterocycles. The number of nitrogens with zero attached hydrogens (tertiary/aromatic N) is 1. The first-order valence-corrected chi connectivity index (χ1v) is 10.8. The van der Waals surface area contributed by atoms with E-state index in [0.717, 1.165) is 50.3 Å². The van der Waals surface area contributed by atoms with Crippen molar-refractivity contribution in [3.63, 3.8) is 0 Å². The number of hydrogen-bond donors (Lipinski definition) is 1. The van der Waals surface area contributed by atoms with Gasteiger partial charge in [-0.3, -0.25) is 4.90 Å². The van der Waals surface area contributed by atoms with Crippen LogP contribution in [0, 0.1) is 12.8 Å². The van der Waals surface area contributed by atoms with E-state index in [0.29, 0.717) is 0 Å². The predicted molar refractivity (Wildman–Crippen MR) is 115 cm³/mol. The van der Waals surface area contributed by atoms with Crippen LogP contribution >= 0.6 is 0 Å². The molecular formula is C25H33NO3. The summed E-state index contributed by atoms with van der Waals surface area (Å²) in [5.41, 5.74) is 3.26. The molecule has 3 atom stereocenters. The molecule has 1 aliphatic heterocycles. The second-order valence-corrected chi connectivity index (χ2v) is 8.72. The van der Waals surface area contributed by atoms with Gasteiger partial charge in [0, 0.05) is 25.0 Å². The summed E-state index contributed by atoms with van der Waals surface area (Å²) in [5.74, 6) is 1.75. The molecule has 156 valence electrons. The van der Waals surface area contributed by atoms with E-state index in [-0.39, 0.29) is 12.0 Å². The normalized spacial score (nSPS) is 27.3. The number of fused-ring (bicyclic) bond motifs is 1. The Bertz CT molecular complexity index is 834. The Morgan fingerprint density at radius 3 is 2.48 bits per heavy atom. The molecule has 1 heterocycles. The summed E-state index contributed by atoms with van der Waals surface area (Å²) in [6.07, 6.45) is 5.16. The molecule has 0 amide bonds. The molecule has 1 saturated heterocycles. The minimum absolute atomic E-state index is 0.176. The van der Waals surface area contributed by atoms with Gasteiger partial charge < -0.3 is 14.6 Å². The highest BCUT2D eigenvalue weighted by atomic mass is 16.5. The van der Waals surface area contributed by atoms with Gasteiger partial charge in [-0.05, 0) is 49.4 Å². The number of piperidine rings is 1. The van der Waals surface area contributed by atoms with Crippen molar-refractivity contribution < 1.29 is 14.6 Å². The van der Waals surface area contributed by atoms with Gasteiger partial charge in [-0.2, -0.15) is 0 Å². The Labute approximate surface area is 174 Å². The fourth-order valence-electron chi connectivity index (χ4n) is 5.33. The highest BCUT2D eigenvalue weighted by molar-refractivity contribution is 5.44. The minimum atomic E-state index is -0.556. The molecule has 4 nitrogen and oxygen atoms in total. The van der Waals surface area contributed by atoms with Crippen molar-refractivity contribution >= 4 is 0 Å². The number of aliphatic hydroxyl groups is 1. The molecule has 1 saturated carbocycles. The van der Waals surface area contributed by atoms with Crippen molar-refractivity contribution in [2.75, 3.05) is 20.8 Å². The van der Waals surface area contributed by atoms with Crippen LogP contribution in [-0.2, 0) is 6.54 Å². The molecule has 0 radical (unpaired) electrons. The van der Waals surface area contributed by atoms with E-state index in [9.17, 15) is 5.11 Å². The van der Waals surface area contributed by atoms with Gasteiger partial charge in [0.1, 0.15) is 0 Å². The van der Waals surface area contributed by atoms with Crippen LogP contribution in [0.25, 0.3) is 0 Å². The van der Waals surface area contributed by atoms with Crippen LogP contribution in [0.15, 0.2) is 42.5 Å². The second-order valence-electron chi connectivity index (χ2n) is 8.72. The van der Waals surface area contributed by atoms with E-state index in [1.54, 1.807) is 14.2 Å². The number of aryl methyl sites for hydroxylation is 1. The summed E-state index contributed by atoms with van der Waals surface area (Å²) in [6.45, 7) is 3.92. The molecule has 1 aliphatic carbocycles. The molecular weight excluding hydrogens is 362 g/mol. The standard InChI is InChI=1S/C25H33NO3/c1-18-7-9-19(10-8-18)17-26-15-14-25(27)13-5-4-6-21(25)24(26)20-11-12-22(28-2)23(16-20)29-3/h7-12,16,21,24,27H,4-6,13-15,17H2,1-3H3/t21-,24+,25-/m1/s1. The average Bonchev–Trinajstić information content (AvgIpc) is 2.74. The average molecular weight is 396 g/mol. The number of ether oxygens (including phenoxy) is 2. The van der Waals surface area contributed by atoms with E-state index >= 15 is 0 Å². The van der Waals surface area contributed by atoms with Crippen molar-refractivity contribution in [2.45, 2.75) is 57.2 Å². The van der Waals surface area contributed by atoms with Crippen molar-refractivity contribution in [1.82, 2.24) is 4.90 Å². The van der Waals surface area contributed by atoms with Gasteiger partial charge in [0.25, 0.3) is 0 Å². The van der Waals surface area contributed by atoms with Crippen LogP contribution in [0.1, 0.15) is 54.8 Å². The second kappa shape index (κ2) is 8.37. The van der Waals surface area contributed by atoms with Crippen LogP contribution in [-0.4, -0.2) is 36.4 Å². The van der Waals surface area contributed by atoms with Gasteiger partial charge in [0.2, 0.25) is 0 Å². The highest BCUT2D eigenvalue weighted by Crippen LogP contribution is 2.50. The molecule has 2 fully saturated rings. The molecule has 2 aromatic rings. The van der Waals surface area contributed by atoms with E-state index in [4.69, 9.17) is 9.47 Å². The zero-order chi connectivity index (χ0) is 20.4. The van der Waals surface area contributed by atoms with Crippen molar-refractivity contribution in [1.29, 1.82) is 0 Å². The summed E-state index contributed by atoms with van der Waals surface area (Å²) in [5, 5.41) is 11.5. The maximum absolute atomic E-state index is 11.5. The third-order valence-corrected chi connectivity index (χ3v) is 6.93. The molecule has 0 spiro atoms.